The number of hydrogen-bond donors (Lipinski definition) is 2. The first-order valence-electron chi connectivity index (χ1n) is 6.45. The normalized spacial score (nSPS) is 10.8. The quantitative estimate of drug-likeness (QED) is 0.806. The first-order valence-corrected chi connectivity index (χ1v) is 8.12. The molecule has 1 aromatic carbocycles. The van der Waals surface area contributed by atoms with Gasteiger partial charge < -0.3 is 10.6 Å². The lowest BCUT2D eigenvalue weighted by atomic mass is 10.0. The van der Waals surface area contributed by atoms with Gasteiger partial charge in [-0.3, -0.25) is 0 Å². The highest BCUT2D eigenvalue weighted by atomic mass is 79.9. The van der Waals surface area contributed by atoms with Gasteiger partial charge in [0, 0.05) is 22.4 Å². The molecule has 0 aliphatic rings. The van der Waals surface area contributed by atoms with Crippen LogP contribution in [0.4, 0.5) is 0 Å². The third kappa shape index (κ3) is 4.42. The molecule has 0 saturated carbocycles. The van der Waals surface area contributed by atoms with Crippen molar-refractivity contribution in [2.24, 2.45) is 0 Å². The predicted octanol–water partition coefficient (Wildman–Crippen LogP) is 3.56. The van der Waals surface area contributed by atoms with E-state index in [2.05, 4.69) is 62.3 Å². The Morgan fingerprint density at radius 1 is 1.11 bits per heavy atom. The lowest BCUT2D eigenvalue weighted by molar-refractivity contribution is 0.689. The Morgan fingerprint density at radius 2 is 1.89 bits per heavy atom. The van der Waals surface area contributed by atoms with Crippen molar-refractivity contribution in [2.45, 2.75) is 19.5 Å². The zero-order chi connectivity index (χ0) is 13.5. The summed E-state index contributed by atoms with van der Waals surface area (Å²) in [6.45, 7) is 2.86. The van der Waals surface area contributed by atoms with Gasteiger partial charge in [0.25, 0.3) is 0 Å². The van der Waals surface area contributed by atoms with Gasteiger partial charge in [-0.15, -0.1) is 11.3 Å². The molecule has 0 bridgehead atoms. The van der Waals surface area contributed by atoms with E-state index in [0.29, 0.717) is 0 Å². The number of hydrogen-bond acceptors (Lipinski definition) is 3. The summed E-state index contributed by atoms with van der Waals surface area (Å²) in [5.41, 5.74) is 2.82. The van der Waals surface area contributed by atoms with Gasteiger partial charge >= 0.3 is 0 Å². The monoisotopic (exact) mass is 338 g/mol. The fraction of sp³-hybridized carbons (Fsp3) is 0.333. The molecule has 2 rings (SSSR count). The van der Waals surface area contributed by atoms with Crippen LogP contribution in [0.1, 0.15) is 16.0 Å². The van der Waals surface area contributed by atoms with E-state index in [1.54, 1.807) is 11.3 Å². The van der Waals surface area contributed by atoms with Crippen LogP contribution in [0.15, 0.2) is 40.2 Å². The molecule has 1 aromatic heterocycles. The summed E-state index contributed by atoms with van der Waals surface area (Å²) in [7, 11) is 2.00. The van der Waals surface area contributed by atoms with E-state index in [4.69, 9.17) is 0 Å². The van der Waals surface area contributed by atoms with Crippen molar-refractivity contribution in [3.63, 3.8) is 0 Å². The summed E-state index contributed by atoms with van der Waals surface area (Å²) in [5.74, 6) is 0. The van der Waals surface area contributed by atoms with Crippen LogP contribution in [0.3, 0.4) is 0 Å². The summed E-state index contributed by atoms with van der Waals surface area (Å²) in [4.78, 5) is 1.35. The van der Waals surface area contributed by atoms with E-state index < -0.39 is 0 Å². The minimum atomic E-state index is 0.915. The number of benzene rings is 1. The number of halogens is 1. The van der Waals surface area contributed by atoms with Crippen LogP contribution in [0, 0.1) is 0 Å². The molecule has 0 spiro atoms. The SMILES string of the molecule is CNCCc1ccccc1CNCc1sccc1Br. The van der Waals surface area contributed by atoms with Gasteiger partial charge in [-0.2, -0.15) is 0 Å². The van der Waals surface area contributed by atoms with E-state index in [1.807, 2.05) is 7.05 Å². The van der Waals surface area contributed by atoms with Crippen LogP contribution < -0.4 is 10.6 Å². The maximum Gasteiger partial charge on any atom is 0.0327 e. The van der Waals surface area contributed by atoms with Crippen LogP contribution in [-0.4, -0.2) is 13.6 Å². The van der Waals surface area contributed by atoms with E-state index in [0.717, 1.165) is 26.1 Å². The first-order chi connectivity index (χ1) is 9.31. The third-order valence-corrected chi connectivity index (χ3v) is 4.98. The second-order valence-corrected chi connectivity index (χ2v) is 6.27. The number of likely N-dealkylation sites (N-methyl/N-ethyl adjacent to an activating group) is 1. The average molecular weight is 339 g/mol. The molecule has 0 aliphatic heterocycles. The highest BCUT2D eigenvalue weighted by Crippen LogP contribution is 2.22. The Hall–Kier alpha value is -0.680. The topological polar surface area (TPSA) is 24.1 Å². The number of rotatable bonds is 7. The Balaban J connectivity index is 1.90. The van der Waals surface area contributed by atoms with Crippen molar-refractivity contribution >= 4 is 27.3 Å². The summed E-state index contributed by atoms with van der Waals surface area (Å²) < 4.78 is 1.20. The molecular weight excluding hydrogens is 320 g/mol. The van der Waals surface area contributed by atoms with Crippen LogP contribution in [-0.2, 0) is 19.5 Å². The predicted molar refractivity (Wildman–Crippen MR) is 86.6 cm³/mol. The van der Waals surface area contributed by atoms with Gasteiger partial charge in [0.05, 0.1) is 0 Å². The molecule has 2 N–H and O–H groups in total. The minimum absolute atomic E-state index is 0.915. The molecule has 0 aliphatic carbocycles. The average Bonchev–Trinajstić information content (AvgIpc) is 2.83. The summed E-state index contributed by atoms with van der Waals surface area (Å²) in [5, 5.41) is 8.84. The van der Waals surface area contributed by atoms with E-state index >= 15 is 0 Å². The fourth-order valence-electron chi connectivity index (χ4n) is 2.00. The Morgan fingerprint density at radius 3 is 2.58 bits per heavy atom. The highest BCUT2D eigenvalue weighted by Gasteiger charge is 2.03. The van der Waals surface area contributed by atoms with Gasteiger partial charge in [-0.05, 0) is 58.5 Å². The van der Waals surface area contributed by atoms with Gasteiger partial charge in [0.15, 0.2) is 0 Å². The van der Waals surface area contributed by atoms with Crippen LogP contribution in [0.25, 0.3) is 0 Å². The zero-order valence-electron chi connectivity index (χ0n) is 11.1. The Kier molecular flexibility index (Phi) is 6.04. The Bertz CT molecular complexity index is 510. The molecule has 4 heteroatoms. The van der Waals surface area contributed by atoms with Crippen LogP contribution in [0.2, 0.25) is 0 Å². The fourth-order valence-corrected chi connectivity index (χ4v) is 3.46. The molecule has 0 unspecified atom stereocenters. The Labute approximate surface area is 127 Å². The van der Waals surface area contributed by atoms with Crippen molar-refractivity contribution in [3.05, 3.63) is 56.2 Å². The van der Waals surface area contributed by atoms with E-state index in [9.17, 15) is 0 Å². The molecule has 0 atom stereocenters. The number of thiophene rings is 1. The maximum atomic E-state index is 3.56. The van der Waals surface area contributed by atoms with Gasteiger partial charge in [0.1, 0.15) is 0 Å². The zero-order valence-corrected chi connectivity index (χ0v) is 13.5. The smallest absolute Gasteiger partial charge is 0.0327 e. The maximum absolute atomic E-state index is 3.56. The van der Waals surface area contributed by atoms with Gasteiger partial charge in [0.2, 0.25) is 0 Å². The lowest BCUT2D eigenvalue weighted by Crippen LogP contribution is -2.16. The van der Waals surface area contributed by atoms with E-state index in [-0.39, 0.29) is 0 Å². The van der Waals surface area contributed by atoms with Gasteiger partial charge in [-0.1, -0.05) is 24.3 Å². The second kappa shape index (κ2) is 7.80. The molecular formula is C15H19BrN2S. The molecule has 2 nitrogen and oxygen atoms in total. The molecule has 2 aromatic rings. The minimum Gasteiger partial charge on any atom is -0.319 e. The van der Waals surface area contributed by atoms with Crippen molar-refractivity contribution in [3.8, 4) is 0 Å². The van der Waals surface area contributed by atoms with Crippen LogP contribution in [0.5, 0.6) is 0 Å². The second-order valence-electron chi connectivity index (χ2n) is 4.42. The molecule has 0 fully saturated rings. The molecule has 0 saturated heterocycles. The van der Waals surface area contributed by atoms with Crippen molar-refractivity contribution in [2.75, 3.05) is 13.6 Å². The number of nitrogens with one attached hydrogen (secondary N) is 2. The van der Waals surface area contributed by atoms with Crippen LogP contribution >= 0.6 is 27.3 Å². The summed E-state index contributed by atoms with van der Waals surface area (Å²) in [6.07, 6.45) is 1.08. The third-order valence-electron chi connectivity index (χ3n) is 3.05. The largest absolute Gasteiger partial charge is 0.319 e. The molecule has 19 heavy (non-hydrogen) atoms. The van der Waals surface area contributed by atoms with E-state index in [1.165, 1.54) is 20.5 Å². The molecule has 1 heterocycles. The standard InChI is InChI=1S/C15H19BrN2S/c1-17-8-6-12-4-2-3-5-13(12)10-18-11-15-14(16)7-9-19-15/h2-5,7,9,17-18H,6,8,10-11H2,1H3. The van der Waals surface area contributed by atoms with Gasteiger partial charge in [-0.25, -0.2) is 0 Å². The first kappa shape index (κ1) is 14.7. The molecule has 0 amide bonds. The van der Waals surface area contributed by atoms with Crippen molar-refractivity contribution in [1.29, 1.82) is 0 Å². The molecule has 102 valence electrons. The summed E-state index contributed by atoms with van der Waals surface area (Å²) in [6, 6.07) is 10.8. The van der Waals surface area contributed by atoms with Crippen molar-refractivity contribution in [1.82, 2.24) is 10.6 Å². The highest BCUT2D eigenvalue weighted by molar-refractivity contribution is 9.10. The lowest BCUT2D eigenvalue weighted by Gasteiger charge is -2.10. The van der Waals surface area contributed by atoms with Crippen molar-refractivity contribution < 1.29 is 0 Å². The molecule has 0 radical (unpaired) electrons. The summed E-state index contributed by atoms with van der Waals surface area (Å²) >= 11 is 5.35.